The number of hydrogen-bond acceptors (Lipinski definition) is 5. The van der Waals surface area contributed by atoms with E-state index in [1.54, 1.807) is 18.3 Å². The molecule has 4 rings (SSSR count). The summed E-state index contributed by atoms with van der Waals surface area (Å²) in [5, 5.41) is 13.0. The van der Waals surface area contributed by atoms with Crippen molar-refractivity contribution in [3.8, 4) is 11.4 Å². The van der Waals surface area contributed by atoms with Gasteiger partial charge in [0.2, 0.25) is 0 Å². The van der Waals surface area contributed by atoms with Gasteiger partial charge in [-0.15, -0.1) is 15.0 Å². The zero-order valence-electron chi connectivity index (χ0n) is 15.5. The van der Waals surface area contributed by atoms with Crippen LogP contribution in [0.1, 0.15) is 17.0 Å². The number of nitrogens with one attached hydrogen (secondary N) is 1. The van der Waals surface area contributed by atoms with Crippen LogP contribution in [-0.4, -0.2) is 25.2 Å². The van der Waals surface area contributed by atoms with Gasteiger partial charge in [-0.05, 0) is 53.1 Å². The average Bonchev–Trinajstić information content (AvgIpc) is 3.21. The second-order valence-electron chi connectivity index (χ2n) is 6.41. The van der Waals surface area contributed by atoms with Crippen LogP contribution in [0.5, 0.6) is 5.75 Å². The lowest BCUT2D eigenvalue weighted by atomic mass is 10.1. The molecule has 0 aliphatic heterocycles. The number of pyridine rings is 1. The summed E-state index contributed by atoms with van der Waals surface area (Å²) in [6.07, 6.45) is 2.72. The molecule has 0 amide bonds. The van der Waals surface area contributed by atoms with Gasteiger partial charge < -0.3 is 9.72 Å². The van der Waals surface area contributed by atoms with Gasteiger partial charge in [0.1, 0.15) is 12.4 Å². The summed E-state index contributed by atoms with van der Waals surface area (Å²) in [5.74, 6) is 1.30. The first-order valence-electron chi connectivity index (χ1n) is 9.11. The highest BCUT2D eigenvalue weighted by atomic mass is 35.5. The molecule has 2 heterocycles. The van der Waals surface area contributed by atoms with E-state index in [9.17, 15) is 4.79 Å². The fourth-order valence-electron chi connectivity index (χ4n) is 2.88. The van der Waals surface area contributed by atoms with Gasteiger partial charge in [0.25, 0.3) is 5.56 Å². The summed E-state index contributed by atoms with van der Waals surface area (Å²) in [6, 6.07) is 18.9. The molecule has 146 valence electrons. The first-order valence-corrected chi connectivity index (χ1v) is 9.49. The Morgan fingerprint density at radius 1 is 1.03 bits per heavy atom. The smallest absolute Gasteiger partial charge is 0.275 e. The van der Waals surface area contributed by atoms with Crippen molar-refractivity contribution >= 4 is 11.6 Å². The normalized spacial score (nSPS) is 10.8. The number of H-pyrrole nitrogens is 1. The molecule has 4 aromatic rings. The van der Waals surface area contributed by atoms with Crippen LogP contribution in [0.15, 0.2) is 71.7 Å². The summed E-state index contributed by atoms with van der Waals surface area (Å²) in [4.78, 5) is 15.7. The fraction of sp³-hybridized carbons (Fsp3) is 0.143. The van der Waals surface area contributed by atoms with Crippen LogP contribution in [0.3, 0.4) is 0 Å². The van der Waals surface area contributed by atoms with Gasteiger partial charge in [0.05, 0.1) is 0 Å². The number of rotatable bonds is 7. The van der Waals surface area contributed by atoms with Gasteiger partial charge in [-0.1, -0.05) is 41.9 Å². The van der Waals surface area contributed by atoms with Gasteiger partial charge in [0, 0.05) is 17.6 Å². The van der Waals surface area contributed by atoms with Gasteiger partial charge in [-0.2, -0.15) is 0 Å². The molecule has 0 unspecified atom stereocenters. The SMILES string of the molecule is O=c1[nH]cccc1-n1nnc(CCc2cc(Cl)ccc2OCc2ccccc2)n1. The van der Waals surface area contributed by atoms with Gasteiger partial charge in [-0.3, -0.25) is 4.79 Å². The van der Waals surface area contributed by atoms with Crippen LogP contribution in [0, 0.1) is 0 Å². The molecule has 0 spiro atoms. The lowest BCUT2D eigenvalue weighted by Crippen LogP contribution is -2.15. The lowest BCUT2D eigenvalue weighted by Gasteiger charge is -2.11. The molecule has 2 aromatic heterocycles. The van der Waals surface area contributed by atoms with E-state index in [-0.39, 0.29) is 5.56 Å². The minimum absolute atomic E-state index is 0.275. The second kappa shape index (κ2) is 8.70. The minimum atomic E-state index is -0.275. The Morgan fingerprint density at radius 2 is 1.90 bits per heavy atom. The number of nitrogens with zero attached hydrogens (tertiary/aromatic N) is 4. The highest BCUT2D eigenvalue weighted by Gasteiger charge is 2.11. The predicted molar refractivity (Wildman–Crippen MR) is 109 cm³/mol. The number of aromatic amines is 1. The predicted octanol–water partition coefficient (Wildman–Crippen LogP) is 3.37. The largest absolute Gasteiger partial charge is 0.489 e. The Kier molecular flexibility index (Phi) is 5.67. The van der Waals surface area contributed by atoms with Crippen LogP contribution < -0.4 is 10.3 Å². The standard InChI is InChI=1S/C21H18ClN5O2/c22-17-9-10-19(29-14-15-5-2-1-3-6-15)16(13-17)8-11-20-24-26-27(25-20)18-7-4-12-23-21(18)28/h1-7,9-10,12-13H,8,11,14H2,(H,23,28). The van der Waals surface area contributed by atoms with Gasteiger partial charge in [0.15, 0.2) is 11.5 Å². The summed E-state index contributed by atoms with van der Waals surface area (Å²) in [6.45, 7) is 0.473. The van der Waals surface area contributed by atoms with E-state index in [1.165, 1.54) is 4.80 Å². The van der Waals surface area contributed by atoms with Crippen molar-refractivity contribution in [2.24, 2.45) is 0 Å². The molecule has 0 fully saturated rings. The van der Waals surface area contributed by atoms with Crippen molar-refractivity contribution in [2.75, 3.05) is 0 Å². The van der Waals surface area contributed by atoms with Crippen molar-refractivity contribution in [1.82, 2.24) is 25.2 Å². The number of tetrazole rings is 1. The molecule has 0 aliphatic carbocycles. The van der Waals surface area contributed by atoms with Crippen LogP contribution in [0.4, 0.5) is 0 Å². The molecule has 0 atom stereocenters. The summed E-state index contributed by atoms with van der Waals surface area (Å²) >= 11 is 6.18. The topological polar surface area (TPSA) is 85.7 Å². The number of halogens is 1. The Balaban J connectivity index is 1.46. The molecule has 0 bridgehead atoms. The number of aromatic nitrogens is 5. The number of aryl methyl sites for hydroxylation is 2. The molecule has 2 aromatic carbocycles. The van der Waals surface area contributed by atoms with Gasteiger partial charge in [-0.25, -0.2) is 0 Å². The van der Waals surface area contributed by atoms with Crippen molar-refractivity contribution in [3.63, 3.8) is 0 Å². The monoisotopic (exact) mass is 407 g/mol. The average molecular weight is 408 g/mol. The quantitative estimate of drug-likeness (QED) is 0.507. The zero-order valence-corrected chi connectivity index (χ0v) is 16.2. The highest BCUT2D eigenvalue weighted by Crippen LogP contribution is 2.25. The molecular weight excluding hydrogens is 390 g/mol. The Labute approximate surface area is 171 Å². The van der Waals surface area contributed by atoms with E-state index in [0.29, 0.717) is 36.0 Å². The molecule has 0 aliphatic rings. The molecule has 0 radical (unpaired) electrons. The third-order valence-corrected chi connectivity index (χ3v) is 4.58. The van der Waals surface area contributed by atoms with E-state index in [2.05, 4.69) is 20.4 Å². The van der Waals surface area contributed by atoms with Crippen LogP contribution in [-0.2, 0) is 19.4 Å². The molecule has 7 nitrogen and oxygen atoms in total. The molecule has 8 heteroatoms. The first kappa shape index (κ1) is 18.9. The van der Waals surface area contributed by atoms with Crippen LogP contribution in [0.25, 0.3) is 5.69 Å². The van der Waals surface area contributed by atoms with E-state index >= 15 is 0 Å². The maximum Gasteiger partial charge on any atom is 0.275 e. The lowest BCUT2D eigenvalue weighted by molar-refractivity contribution is 0.303. The van der Waals surface area contributed by atoms with Crippen molar-refractivity contribution in [2.45, 2.75) is 19.4 Å². The van der Waals surface area contributed by atoms with Crippen LogP contribution >= 0.6 is 11.6 Å². The van der Waals surface area contributed by atoms with Gasteiger partial charge >= 0.3 is 0 Å². The maximum absolute atomic E-state index is 11.9. The molecule has 1 N–H and O–H groups in total. The van der Waals surface area contributed by atoms with E-state index in [1.807, 2.05) is 48.5 Å². The minimum Gasteiger partial charge on any atom is -0.489 e. The maximum atomic E-state index is 11.9. The Hall–Kier alpha value is -3.45. The van der Waals surface area contributed by atoms with Crippen molar-refractivity contribution < 1.29 is 4.74 Å². The number of ether oxygens (including phenoxy) is 1. The Morgan fingerprint density at radius 3 is 2.72 bits per heavy atom. The van der Waals surface area contributed by atoms with Crippen LogP contribution in [0.2, 0.25) is 5.02 Å². The molecule has 29 heavy (non-hydrogen) atoms. The Bertz CT molecular complexity index is 1160. The fourth-order valence-corrected chi connectivity index (χ4v) is 3.08. The summed E-state index contributed by atoms with van der Waals surface area (Å²) in [5.41, 5.74) is 2.09. The van der Waals surface area contributed by atoms with Crippen molar-refractivity contribution in [1.29, 1.82) is 0 Å². The van der Waals surface area contributed by atoms with E-state index < -0.39 is 0 Å². The molecular formula is C21H18ClN5O2. The third kappa shape index (κ3) is 4.70. The molecule has 0 saturated heterocycles. The first-order chi connectivity index (χ1) is 14.2. The van der Waals surface area contributed by atoms with E-state index in [4.69, 9.17) is 16.3 Å². The summed E-state index contributed by atoms with van der Waals surface area (Å²) in [7, 11) is 0. The number of hydrogen-bond donors (Lipinski definition) is 1. The molecule has 0 saturated carbocycles. The zero-order chi connectivity index (χ0) is 20.1. The van der Waals surface area contributed by atoms with Crippen molar-refractivity contribution in [3.05, 3.63) is 99.2 Å². The van der Waals surface area contributed by atoms with E-state index in [0.717, 1.165) is 16.9 Å². The second-order valence-corrected chi connectivity index (χ2v) is 6.84. The summed E-state index contributed by atoms with van der Waals surface area (Å²) < 4.78 is 5.99. The third-order valence-electron chi connectivity index (χ3n) is 4.35. The number of benzene rings is 2. The highest BCUT2D eigenvalue weighted by molar-refractivity contribution is 6.30.